The number of amides is 1. The first-order chi connectivity index (χ1) is 8.36. The highest BCUT2D eigenvalue weighted by molar-refractivity contribution is 9.10. The Morgan fingerprint density at radius 1 is 1.33 bits per heavy atom. The number of nitrogens with zero attached hydrogens (tertiary/aromatic N) is 1. The molecule has 0 spiro atoms. The normalized spacial score (nSPS) is 31.8. The van der Waals surface area contributed by atoms with Crippen molar-refractivity contribution in [2.75, 3.05) is 19.6 Å². The van der Waals surface area contributed by atoms with Crippen molar-refractivity contribution in [1.82, 2.24) is 10.2 Å². The zero-order valence-electron chi connectivity index (χ0n) is 11.8. The lowest BCUT2D eigenvalue weighted by molar-refractivity contribution is -0.142. The molecule has 1 amide bonds. The lowest BCUT2D eigenvalue weighted by Crippen LogP contribution is -2.59. The Balaban J connectivity index is 2.16. The topological polar surface area (TPSA) is 32.3 Å². The van der Waals surface area contributed by atoms with E-state index in [-0.39, 0.29) is 9.74 Å². The van der Waals surface area contributed by atoms with Gasteiger partial charge in [-0.1, -0.05) is 36.7 Å². The van der Waals surface area contributed by atoms with Crippen LogP contribution >= 0.6 is 15.9 Å². The molecule has 0 aromatic rings. The number of rotatable bonds is 1. The van der Waals surface area contributed by atoms with E-state index in [0.717, 1.165) is 45.3 Å². The van der Waals surface area contributed by atoms with E-state index in [4.69, 9.17) is 0 Å². The summed E-state index contributed by atoms with van der Waals surface area (Å²) < 4.78 is -0.372. The van der Waals surface area contributed by atoms with Crippen LogP contribution in [0.1, 0.15) is 46.5 Å². The number of likely N-dealkylation sites (tertiary alicyclic amines) is 1. The van der Waals surface area contributed by atoms with E-state index in [2.05, 4.69) is 46.9 Å². The fourth-order valence-corrected chi connectivity index (χ4v) is 3.60. The zero-order chi connectivity index (χ0) is 13.4. The molecule has 2 heterocycles. The molecular weight excluding hydrogens is 292 g/mol. The summed E-state index contributed by atoms with van der Waals surface area (Å²) in [6.07, 6.45) is 4.26. The summed E-state index contributed by atoms with van der Waals surface area (Å²) in [5.74, 6) is 0.313. The van der Waals surface area contributed by atoms with E-state index in [1.54, 1.807) is 0 Å². The standard InChI is InChI=1S/C14H25BrN2O/c1-13(2,3)14(15)7-4-10-17(12(14)18)11-5-8-16-9-6-11/h11,16H,4-10H2,1-3H3. The van der Waals surface area contributed by atoms with Gasteiger partial charge in [-0.25, -0.2) is 0 Å². The fraction of sp³-hybridized carbons (Fsp3) is 0.929. The highest BCUT2D eigenvalue weighted by atomic mass is 79.9. The molecule has 18 heavy (non-hydrogen) atoms. The predicted octanol–water partition coefficient (Wildman–Crippen LogP) is 2.54. The molecule has 0 saturated carbocycles. The van der Waals surface area contributed by atoms with Crippen LogP contribution in [0.25, 0.3) is 0 Å². The molecule has 2 aliphatic rings. The molecule has 2 saturated heterocycles. The van der Waals surface area contributed by atoms with E-state index in [9.17, 15) is 4.79 Å². The molecular formula is C14H25BrN2O. The smallest absolute Gasteiger partial charge is 0.240 e. The second-order valence-corrected chi connectivity index (χ2v) is 7.99. The van der Waals surface area contributed by atoms with Crippen LogP contribution in [0.2, 0.25) is 0 Å². The Labute approximate surface area is 119 Å². The van der Waals surface area contributed by atoms with E-state index >= 15 is 0 Å². The third-order valence-electron chi connectivity index (χ3n) is 4.46. The van der Waals surface area contributed by atoms with Crippen molar-refractivity contribution in [3.8, 4) is 0 Å². The first kappa shape index (κ1) is 14.3. The molecule has 0 aromatic heterocycles. The highest BCUT2D eigenvalue weighted by Crippen LogP contribution is 2.46. The third-order valence-corrected chi connectivity index (χ3v) is 6.38. The van der Waals surface area contributed by atoms with Crippen molar-refractivity contribution in [1.29, 1.82) is 0 Å². The fourth-order valence-electron chi connectivity index (χ4n) is 3.09. The Bertz CT molecular complexity index is 320. The van der Waals surface area contributed by atoms with Crippen molar-refractivity contribution in [3.63, 3.8) is 0 Å². The number of alkyl halides is 1. The lowest BCUT2D eigenvalue weighted by Gasteiger charge is -2.48. The van der Waals surface area contributed by atoms with Crippen molar-refractivity contribution in [2.24, 2.45) is 5.41 Å². The van der Waals surface area contributed by atoms with E-state index in [1.807, 2.05) is 0 Å². The van der Waals surface area contributed by atoms with E-state index in [1.165, 1.54) is 0 Å². The van der Waals surface area contributed by atoms with Gasteiger partial charge in [0, 0.05) is 12.6 Å². The number of piperidine rings is 2. The first-order valence-electron chi connectivity index (χ1n) is 7.07. The van der Waals surface area contributed by atoms with Crippen LogP contribution < -0.4 is 5.32 Å². The van der Waals surface area contributed by atoms with Gasteiger partial charge in [0.15, 0.2) is 0 Å². The Kier molecular flexibility index (Phi) is 4.07. The van der Waals surface area contributed by atoms with Crippen LogP contribution in [0.4, 0.5) is 0 Å². The molecule has 3 nitrogen and oxygen atoms in total. The second-order valence-electron chi connectivity index (χ2n) is 6.63. The molecule has 1 atom stereocenters. The minimum atomic E-state index is -0.372. The first-order valence-corrected chi connectivity index (χ1v) is 7.86. The van der Waals surface area contributed by atoms with Crippen LogP contribution in [0.15, 0.2) is 0 Å². The molecule has 1 unspecified atom stereocenters. The molecule has 0 aliphatic carbocycles. The van der Waals surface area contributed by atoms with E-state index < -0.39 is 0 Å². The van der Waals surface area contributed by atoms with E-state index in [0.29, 0.717) is 11.9 Å². The molecule has 0 bridgehead atoms. The summed E-state index contributed by atoms with van der Waals surface area (Å²) in [7, 11) is 0. The molecule has 0 radical (unpaired) electrons. The third kappa shape index (κ3) is 2.46. The van der Waals surface area contributed by atoms with Gasteiger partial charge in [0.2, 0.25) is 5.91 Å². The quantitative estimate of drug-likeness (QED) is 0.754. The zero-order valence-corrected chi connectivity index (χ0v) is 13.3. The molecule has 1 N–H and O–H groups in total. The number of nitrogens with one attached hydrogen (secondary N) is 1. The van der Waals surface area contributed by atoms with Gasteiger partial charge >= 0.3 is 0 Å². The number of carbonyl (C=O) groups excluding carboxylic acids is 1. The Morgan fingerprint density at radius 2 is 1.94 bits per heavy atom. The lowest BCUT2D eigenvalue weighted by atomic mass is 9.75. The summed E-state index contributed by atoms with van der Waals surface area (Å²) in [5.41, 5.74) is -0.0321. The van der Waals surface area contributed by atoms with Gasteiger partial charge in [-0.05, 0) is 44.2 Å². The monoisotopic (exact) mass is 316 g/mol. The van der Waals surface area contributed by atoms with Gasteiger partial charge in [0.25, 0.3) is 0 Å². The van der Waals surface area contributed by atoms with Gasteiger partial charge in [-0.15, -0.1) is 0 Å². The maximum Gasteiger partial charge on any atom is 0.240 e. The average molecular weight is 317 g/mol. The molecule has 4 heteroatoms. The molecule has 0 aromatic carbocycles. The maximum absolute atomic E-state index is 12.9. The van der Waals surface area contributed by atoms with Gasteiger partial charge in [-0.3, -0.25) is 4.79 Å². The van der Waals surface area contributed by atoms with Crippen molar-refractivity contribution < 1.29 is 4.79 Å². The summed E-state index contributed by atoms with van der Waals surface area (Å²) >= 11 is 3.78. The molecule has 2 aliphatic heterocycles. The van der Waals surface area contributed by atoms with Gasteiger partial charge < -0.3 is 10.2 Å². The Morgan fingerprint density at radius 3 is 2.50 bits per heavy atom. The van der Waals surface area contributed by atoms with Crippen molar-refractivity contribution in [2.45, 2.75) is 56.8 Å². The summed E-state index contributed by atoms with van der Waals surface area (Å²) in [6, 6.07) is 0.443. The molecule has 104 valence electrons. The van der Waals surface area contributed by atoms with Crippen LogP contribution in [-0.2, 0) is 4.79 Å². The maximum atomic E-state index is 12.9. The van der Waals surface area contributed by atoms with Crippen LogP contribution in [0.5, 0.6) is 0 Å². The molecule has 2 fully saturated rings. The number of hydrogen-bond donors (Lipinski definition) is 1. The van der Waals surface area contributed by atoms with Gasteiger partial charge in [-0.2, -0.15) is 0 Å². The minimum Gasteiger partial charge on any atom is -0.338 e. The van der Waals surface area contributed by atoms with Crippen LogP contribution in [0, 0.1) is 5.41 Å². The average Bonchev–Trinajstić information content (AvgIpc) is 2.32. The number of halogens is 1. The van der Waals surface area contributed by atoms with Crippen molar-refractivity contribution >= 4 is 21.8 Å². The minimum absolute atomic E-state index is 0.0321. The van der Waals surface area contributed by atoms with Gasteiger partial charge in [0.05, 0.1) is 0 Å². The second kappa shape index (κ2) is 5.12. The summed E-state index contributed by atoms with van der Waals surface area (Å²) in [4.78, 5) is 15.0. The van der Waals surface area contributed by atoms with Gasteiger partial charge in [0.1, 0.15) is 4.32 Å². The number of carbonyl (C=O) groups is 1. The number of hydrogen-bond acceptors (Lipinski definition) is 2. The van der Waals surface area contributed by atoms with Crippen LogP contribution in [0.3, 0.4) is 0 Å². The summed E-state index contributed by atoms with van der Waals surface area (Å²) in [6.45, 7) is 9.49. The SMILES string of the molecule is CC(C)(C)C1(Br)CCCN(C2CCNCC2)C1=O. The molecule has 2 rings (SSSR count). The largest absolute Gasteiger partial charge is 0.338 e. The Hall–Kier alpha value is -0.0900. The highest BCUT2D eigenvalue weighted by Gasteiger charge is 2.51. The summed E-state index contributed by atoms with van der Waals surface area (Å²) in [5, 5.41) is 3.37. The van der Waals surface area contributed by atoms with Crippen LogP contribution in [-0.4, -0.2) is 40.8 Å². The predicted molar refractivity (Wildman–Crippen MR) is 78.0 cm³/mol. The van der Waals surface area contributed by atoms with Crippen molar-refractivity contribution in [3.05, 3.63) is 0 Å².